The third-order valence-corrected chi connectivity index (χ3v) is 4.92. The highest BCUT2D eigenvalue weighted by atomic mass is 16.4. The number of hydrogen-bond acceptors (Lipinski definition) is 3. The van der Waals surface area contributed by atoms with Crippen molar-refractivity contribution in [2.24, 2.45) is 11.8 Å². The highest BCUT2D eigenvalue weighted by Crippen LogP contribution is 2.33. The summed E-state index contributed by atoms with van der Waals surface area (Å²) in [5.74, 6) is -2.58. The molecule has 1 aromatic carbocycles. The molecule has 2 amide bonds. The van der Waals surface area contributed by atoms with Gasteiger partial charge in [-0.05, 0) is 44.7 Å². The molecule has 0 aromatic heterocycles. The lowest BCUT2D eigenvalue weighted by atomic mass is 9.94. The number of carbonyl (C=O) groups excluding carboxylic acids is 2. The minimum Gasteiger partial charge on any atom is -0.481 e. The molecule has 0 spiro atoms. The average Bonchev–Trinajstić information content (AvgIpc) is 3.05. The summed E-state index contributed by atoms with van der Waals surface area (Å²) < 4.78 is 0. The van der Waals surface area contributed by atoms with Crippen molar-refractivity contribution in [3.8, 4) is 0 Å². The third-order valence-electron chi connectivity index (χ3n) is 4.92. The largest absolute Gasteiger partial charge is 0.481 e. The molecule has 0 bridgehead atoms. The number of carbonyl (C=O) groups is 3. The Labute approximate surface area is 148 Å². The van der Waals surface area contributed by atoms with Crippen molar-refractivity contribution < 1.29 is 19.5 Å². The summed E-state index contributed by atoms with van der Waals surface area (Å²) >= 11 is 0. The number of rotatable bonds is 6. The monoisotopic (exact) mass is 346 g/mol. The molecule has 1 fully saturated rings. The van der Waals surface area contributed by atoms with Crippen LogP contribution >= 0.6 is 0 Å². The summed E-state index contributed by atoms with van der Waals surface area (Å²) in [6.45, 7) is 5.95. The van der Waals surface area contributed by atoms with Crippen LogP contribution < -0.4 is 5.32 Å². The van der Waals surface area contributed by atoms with Gasteiger partial charge in [0.05, 0.1) is 18.4 Å². The molecule has 6 heteroatoms. The van der Waals surface area contributed by atoms with Gasteiger partial charge in [-0.25, -0.2) is 0 Å². The number of nitrogens with one attached hydrogen (secondary N) is 1. The fourth-order valence-electron chi connectivity index (χ4n) is 3.50. The van der Waals surface area contributed by atoms with E-state index in [-0.39, 0.29) is 18.4 Å². The molecule has 0 unspecified atom stereocenters. The molecule has 2 atom stereocenters. The number of carboxylic acids is 1. The van der Waals surface area contributed by atoms with Crippen molar-refractivity contribution in [2.45, 2.75) is 40.0 Å². The summed E-state index contributed by atoms with van der Waals surface area (Å²) in [6.07, 6.45) is 1.84. The molecule has 2 N–H and O–H groups in total. The van der Waals surface area contributed by atoms with Gasteiger partial charge in [0.1, 0.15) is 0 Å². The van der Waals surface area contributed by atoms with Gasteiger partial charge in [-0.1, -0.05) is 24.6 Å². The van der Waals surface area contributed by atoms with E-state index in [1.54, 1.807) is 6.92 Å². The van der Waals surface area contributed by atoms with Gasteiger partial charge >= 0.3 is 5.97 Å². The van der Waals surface area contributed by atoms with Gasteiger partial charge in [-0.2, -0.15) is 0 Å². The Hall–Kier alpha value is -2.37. The molecule has 1 saturated carbocycles. The number of benzene rings is 1. The first-order valence-electron chi connectivity index (χ1n) is 8.72. The number of anilines is 1. The SMILES string of the molecule is CCN(CC(=O)Nc1c(C)cccc1C)C(=O)[C@@H]1CCC[C@@H]1C(=O)O. The zero-order chi connectivity index (χ0) is 18.6. The summed E-state index contributed by atoms with van der Waals surface area (Å²) in [5.41, 5.74) is 2.69. The first-order chi connectivity index (χ1) is 11.8. The first kappa shape index (κ1) is 19.0. The van der Waals surface area contributed by atoms with Crippen LogP contribution in [0.5, 0.6) is 0 Å². The van der Waals surface area contributed by atoms with E-state index < -0.39 is 17.8 Å². The van der Waals surface area contributed by atoms with E-state index in [4.69, 9.17) is 0 Å². The first-order valence-corrected chi connectivity index (χ1v) is 8.72. The van der Waals surface area contributed by atoms with Crippen molar-refractivity contribution in [2.75, 3.05) is 18.4 Å². The molecule has 136 valence electrons. The van der Waals surface area contributed by atoms with Gasteiger partial charge in [-0.15, -0.1) is 0 Å². The Kier molecular flexibility index (Phi) is 6.17. The van der Waals surface area contributed by atoms with E-state index in [9.17, 15) is 19.5 Å². The van der Waals surface area contributed by atoms with Gasteiger partial charge < -0.3 is 15.3 Å². The number of nitrogens with zero attached hydrogens (tertiary/aromatic N) is 1. The molecule has 6 nitrogen and oxygen atoms in total. The van der Waals surface area contributed by atoms with Crippen LogP contribution in [0.4, 0.5) is 5.69 Å². The fraction of sp³-hybridized carbons (Fsp3) is 0.526. The van der Waals surface area contributed by atoms with E-state index in [0.717, 1.165) is 23.2 Å². The molecule has 0 aliphatic heterocycles. The van der Waals surface area contributed by atoms with Crippen LogP contribution in [0.1, 0.15) is 37.3 Å². The number of likely N-dealkylation sites (N-methyl/N-ethyl adjacent to an activating group) is 1. The lowest BCUT2D eigenvalue weighted by molar-refractivity contribution is -0.149. The predicted octanol–water partition coefficient (Wildman–Crippen LogP) is 2.59. The van der Waals surface area contributed by atoms with Gasteiger partial charge in [0.25, 0.3) is 0 Å². The van der Waals surface area contributed by atoms with Gasteiger partial charge in [0.15, 0.2) is 0 Å². The molecule has 1 aliphatic carbocycles. The smallest absolute Gasteiger partial charge is 0.307 e. The number of aliphatic carboxylic acids is 1. The number of amides is 2. The predicted molar refractivity (Wildman–Crippen MR) is 95.3 cm³/mol. The van der Waals surface area contributed by atoms with Crippen LogP contribution in [0.25, 0.3) is 0 Å². The molecule has 25 heavy (non-hydrogen) atoms. The van der Waals surface area contributed by atoms with E-state index in [2.05, 4.69) is 5.32 Å². The fourth-order valence-corrected chi connectivity index (χ4v) is 3.50. The molecular formula is C19H26N2O4. The maximum atomic E-state index is 12.7. The Morgan fingerprint density at radius 2 is 1.76 bits per heavy atom. The third kappa shape index (κ3) is 4.38. The summed E-state index contributed by atoms with van der Waals surface area (Å²) in [6, 6.07) is 5.76. The normalized spacial score (nSPS) is 19.5. The minimum atomic E-state index is -0.924. The van der Waals surface area contributed by atoms with Gasteiger partial charge in [0.2, 0.25) is 11.8 Å². The van der Waals surface area contributed by atoms with Crippen LogP contribution in [0.3, 0.4) is 0 Å². The quantitative estimate of drug-likeness (QED) is 0.829. The maximum Gasteiger partial charge on any atom is 0.307 e. The van der Waals surface area contributed by atoms with Crippen molar-refractivity contribution >= 4 is 23.5 Å². The summed E-state index contributed by atoms with van der Waals surface area (Å²) in [5, 5.41) is 12.1. The van der Waals surface area contributed by atoms with E-state index in [0.29, 0.717) is 19.4 Å². The Balaban J connectivity index is 2.05. The average molecular weight is 346 g/mol. The molecule has 1 aliphatic rings. The number of aryl methyl sites for hydroxylation is 2. The summed E-state index contributed by atoms with van der Waals surface area (Å²) in [7, 11) is 0. The van der Waals surface area contributed by atoms with E-state index in [1.165, 1.54) is 4.90 Å². The number of carboxylic acid groups (broad SMARTS) is 1. The van der Waals surface area contributed by atoms with Gasteiger partial charge in [-0.3, -0.25) is 14.4 Å². The second-order valence-corrected chi connectivity index (χ2v) is 6.65. The highest BCUT2D eigenvalue weighted by Gasteiger charge is 2.39. The zero-order valence-corrected chi connectivity index (χ0v) is 15.0. The second kappa shape index (κ2) is 8.14. The van der Waals surface area contributed by atoms with Crippen LogP contribution in [0, 0.1) is 25.7 Å². The van der Waals surface area contributed by atoms with E-state index in [1.807, 2.05) is 32.0 Å². The molecule has 0 radical (unpaired) electrons. The standard InChI is InChI=1S/C19H26N2O4/c1-4-21(18(23)14-9-6-10-15(14)19(24)25)11-16(22)20-17-12(2)7-5-8-13(17)3/h5,7-8,14-15H,4,6,9-11H2,1-3H3,(H,20,22)(H,24,25)/t14-,15+/m1/s1. The molecule has 1 aromatic rings. The summed E-state index contributed by atoms with van der Waals surface area (Å²) in [4.78, 5) is 37.9. The highest BCUT2D eigenvalue weighted by molar-refractivity contribution is 5.96. The maximum absolute atomic E-state index is 12.7. The molecule has 2 rings (SSSR count). The lowest BCUT2D eigenvalue weighted by Gasteiger charge is -2.26. The lowest BCUT2D eigenvalue weighted by Crippen LogP contribution is -2.43. The Morgan fingerprint density at radius 1 is 1.16 bits per heavy atom. The van der Waals surface area contributed by atoms with Crippen molar-refractivity contribution in [1.29, 1.82) is 0 Å². The van der Waals surface area contributed by atoms with Gasteiger partial charge in [0, 0.05) is 12.2 Å². The van der Waals surface area contributed by atoms with Crippen LogP contribution in [-0.4, -0.2) is 40.9 Å². The topological polar surface area (TPSA) is 86.7 Å². The van der Waals surface area contributed by atoms with Crippen molar-refractivity contribution in [1.82, 2.24) is 4.90 Å². The van der Waals surface area contributed by atoms with Crippen LogP contribution in [0.2, 0.25) is 0 Å². The molecular weight excluding hydrogens is 320 g/mol. The van der Waals surface area contributed by atoms with Crippen LogP contribution in [-0.2, 0) is 14.4 Å². The minimum absolute atomic E-state index is 0.0635. The van der Waals surface area contributed by atoms with Crippen molar-refractivity contribution in [3.05, 3.63) is 29.3 Å². The number of para-hydroxylation sites is 1. The Morgan fingerprint density at radius 3 is 2.32 bits per heavy atom. The van der Waals surface area contributed by atoms with Crippen LogP contribution in [0.15, 0.2) is 18.2 Å². The zero-order valence-electron chi connectivity index (χ0n) is 15.0. The Bertz CT molecular complexity index is 651. The second-order valence-electron chi connectivity index (χ2n) is 6.65. The molecule has 0 heterocycles. The molecule has 0 saturated heterocycles. The number of hydrogen-bond donors (Lipinski definition) is 2. The van der Waals surface area contributed by atoms with Crippen molar-refractivity contribution in [3.63, 3.8) is 0 Å². The van der Waals surface area contributed by atoms with E-state index >= 15 is 0 Å².